The first-order valence-corrected chi connectivity index (χ1v) is 11.8. The molecule has 4 aromatic rings. The molecule has 36 heavy (non-hydrogen) atoms. The van der Waals surface area contributed by atoms with E-state index in [0.717, 1.165) is 46.4 Å². The molecule has 182 valence electrons. The predicted octanol–water partition coefficient (Wildman–Crippen LogP) is 3.16. The summed E-state index contributed by atoms with van der Waals surface area (Å²) in [4.78, 5) is 28.7. The molecule has 9 nitrogen and oxygen atoms in total. The van der Waals surface area contributed by atoms with Crippen molar-refractivity contribution in [2.75, 3.05) is 19.7 Å². The van der Waals surface area contributed by atoms with Crippen LogP contribution < -0.4 is 21.5 Å². The number of benzene rings is 2. The zero-order valence-corrected chi connectivity index (χ0v) is 19.9. The van der Waals surface area contributed by atoms with E-state index in [1.165, 1.54) is 4.40 Å². The molecule has 3 heterocycles. The topological polar surface area (TPSA) is 108 Å². The Morgan fingerprint density at radius 1 is 1.19 bits per heavy atom. The summed E-state index contributed by atoms with van der Waals surface area (Å²) in [6.45, 7) is 11.2. The Morgan fingerprint density at radius 2 is 1.92 bits per heavy atom. The minimum Gasteiger partial charge on any atom is -0.489 e. The van der Waals surface area contributed by atoms with Gasteiger partial charge in [0.25, 0.3) is 0 Å². The van der Waals surface area contributed by atoms with Gasteiger partial charge in [0.1, 0.15) is 6.54 Å². The molecule has 1 atom stereocenters. The molecule has 0 radical (unpaired) electrons. The number of primary amides is 1. The van der Waals surface area contributed by atoms with Gasteiger partial charge in [0, 0.05) is 18.0 Å². The molecular weight excluding hydrogens is 456 g/mol. The number of nitrogens with one attached hydrogen (secondary N) is 1. The van der Waals surface area contributed by atoms with Crippen molar-refractivity contribution >= 4 is 17.2 Å². The van der Waals surface area contributed by atoms with Gasteiger partial charge >= 0.3 is 5.69 Å². The fourth-order valence-electron chi connectivity index (χ4n) is 4.51. The molecule has 2 aromatic carbocycles. The third kappa shape index (κ3) is 4.46. The first kappa shape index (κ1) is 23.3. The summed E-state index contributed by atoms with van der Waals surface area (Å²) in [5.74, 6) is 0.136. The van der Waals surface area contributed by atoms with Gasteiger partial charge in [0.2, 0.25) is 11.6 Å². The zero-order chi connectivity index (χ0) is 25.2. The van der Waals surface area contributed by atoms with Gasteiger partial charge in [-0.3, -0.25) is 4.79 Å². The maximum atomic E-state index is 13.6. The second kappa shape index (κ2) is 9.68. The van der Waals surface area contributed by atoms with Gasteiger partial charge < -0.3 is 15.8 Å². The van der Waals surface area contributed by atoms with E-state index in [2.05, 4.69) is 15.3 Å². The van der Waals surface area contributed by atoms with Gasteiger partial charge in [0.05, 0.1) is 18.9 Å². The summed E-state index contributed by atoms with van der Waals surface area (Å²) < 4.78 is 8.82. The molecule has 1 amide bonds. The number of fused-ring (bicyclic) bond motifs is 1. The Balaban J connectivity index is 1.78. The fourth-order valence-corrected chi connectivity index (χ4v) is 4.51. The van der Waals surface area contributed by atoms with Crippen LogP contribution >= 0.6 is 0 Å². The summed E-state index contributed by atoms with van der Waals surface area (Å²) in [5, 5.41) is 7.78. The Kier molecular flexibility index (Phi) is 6.27. The molecule has 1 saturated heterocycles. The molecule has 1 aliphatic heterocycles. The second-order valence-electron chi connectivity index (χ2n) is 9.03. The molecular formula is C27H26N6O3. The number of aromatic nitrogens is 3. The van der Waals surface area contributed by atoms with Crippen molar-refractivity contribution in [1.82, 2.24) is 19.5 Å². The normalized spacial score (nSPS) is 15.2. The molecule has 3 N–H and O–H groups in total. The fraction of sp³-hybridized carbons (Fsp3) is 0.259. The number of carbonyl (C=O) groups excluding carboxylic acids is 1. The highest BCUT2D eigenvalue weighted by Crippen LogP contribution is 2.37. The summed E-state index contributed by atoms with van der Waals surface area (Å²) in [5.41, 5.74) is 9.85. The van der Waals surface area contributed by atoms with Gasteiger partial charge in [0.15, 0.2) is 11.4 Å². The monoisotopic (exact) mass is 482 g/mol. The van der Waals surface area contributed by atoms with Crippen LogP contribution in [0, 0.1) is 19.4 Å². The average molecular weight is 483 g/mol. The number of amides is 1. The van der Waals surface area contributed by atoms with Crippen molar-refractivity contribution in [3.05, 3.63) is 82.1 Å². The lowest BCUT2D eigenvalue weighted by Gasteiger charge is -2.17. The minimum atomic E-state index is -0.660. The van der Waals surface area contributed by atoms with Crippen LogP contribution in [0.2, 0.25) is 0 Å². The van der Waals surface area contributed by atoms with Crippen LogP contribution in [0.3, 0.4) is 0 Å². The number of pyridine rings is 1. The first-order valence-electron chi connectivity index (χ1n) is 11.8. The largest absolute Gasteiger partial charge is 0.489 e. The number of ether oxygens (including phenoxy) is 1. The van der Waals surface area contributed by atoms with Crippen LogP contribution in [0.1, 0.15) is 12.0 Å². The highest BCUT2D eigenvalue weighted by atomic mass is 16.5. The van der Waals surface area contributed by atoms with E-state index in [-0.39, 0.29) is 6.54 Å². The average Bonchev–Trinajstić information content (AvgIpc) is 3.51. The molecule has 1 aliphatic rings. The summed E-state index contributed by atoms with van der Waals surface area (Å²) in [7, 11) is 0. The number of carbonyl (C=O) groups is 1. The molecule has 2 aromatic heterocycles. The lowest BCUT2D eigenvalue weighted by molar-refractivity contribution is -0.118. The third-order valence-corrected chi connectivity index (χ3v) is 6.39. The number of hydrogen-bond acceptors (Lipinski definition) is 5. The number of aryl methyl sites for hydroxylation is 1. The highest BCUT2D eigenvalue weighted by Gasteiger charge is 2.23. The molecule has 0 aliphatic carbocycles. The summed E-state index contributed by atoms with van der Waals surface area (Å²) in [6, 6.07) is 16.9. The third-order valence-electron chi connectivity index (χ3n) is 6.39. The van der Waals surface area contributed by atoms with Gasteiger partial charge in [-0.1, -0.05) is 54.1 Å². The lowest BCUT2D eigenvalue weighted by Crippen LogP contribution is -2.29. The van der Waals surface area contributed by atoms with Crippen molar-refractivity contribution in [2.24, 2.45) is 11.7 Å². The van der Waals surface area contributed by atoms with Crippen LogP contribution in [0.4, 0.5) is 5.69 Å². The van der Waals surface area contributed by atoms with Crippen molar-refractivity contribution in [2.45, 2.75) is 19.9 Å². The molecule has 5 rings (SSSR count). The van der Waals surface area contributed by atoms with Crippen LogP contribution in [0.15, 0.2) is 59.4 Å². The van der Waals surface area contributed by atoms with Crippen LogP contribution in [0.5, 0.6) is 5.75 Å². The number of hydrogen-bond donors (Lipinski definition) is 2. The van der Waals surface area contributed by atoms with Crippen LogP contribution in [-0.4, -0.2) is 39.8 Å². The molecule has 0 spiro atoms. The number of nitrogens with zero attached hydrogens (tertiary/aromatic N) is 4. The van der Waals surface area contributed by atoms with Gasteiger partial charge in [-0.15, -0.1) is 5.10 Å². The maximum absolute atomic E-state index is 13.6. The van der Waals surface area contributed by atoms with Crippen molar-refractivity contribution in [1.29, 1.82) is 0 Å². The van der Waals surface area contributed by atoms with E-state index >= 15 is 0 Å². The second-order valence-corrected chi connectivity index (χ2v) is 9.03. The van der Waals surface area contributed by atoms with E-state index in [1.54, 1.807) is 12.1 Å². The van der Waals surface area contributed by atoms with Crippen molar-refractivity contribution < 1.29 is 9.53 Å². The van der Waals surface area contributed by atoms with Crippen molar-refractivity contribution in [3.8, 4) is 28.1 Å². The molecule has 0 saturated carbocycles. The standard InChI is InChI=1S/C27H26N6O3/c1-17-3-5-20(6-4-17)25-22(19-7-9-21(29-2)10-8-19)13-23(36-16-18-11-12-30-14-18)26-31-32(15-24(28)34)27(35)33(25)26/h3-10,13,18,30H,11-12,14-16H2,1H3,(H2,28,34)/t18-/m1/s1. The van der Waals surface area contributed by atoms with Gasteiger partial charge in [-0.05, 0) is 37.1 Å². The van der Waals surface area contributed by atoms with E-state index < -0.39 is 11.6 Å². The van der Waals surface area contributed by atoms with E-state index in [9.17, 15) is 9.59 Å². The number of rotatable bonds is 7. The minimum absolute atomic E-state index is 0.323. The van der Waals surface area contributed by atoms with E-state index in [4.69, 9.17) is 17.0 Å². The highest BCUT2D eigenvalue weighted by molar-refractivity contribution is 5.86. The first-order chi connectivity index (χ1) is 17.4. The SMILES string of the molecule is [C-]#[N+]c1ccc(-c2cc(OC[C@@H]3CCNC3)c3nn(CC(N)=O)c(=O)n3c2-c2ccc(C)cc2)cc1. The quantitative estimate of drug-likeness (QED) is 0.394. The van der Waals surface area contributed by atoms with Gasteiger partial charge in [-0.25, -0.2) is 18.7 Å². The zero-order valence-electron chi connectivity index (χ0n) is 19.9. The molecule has 1 fully saturated rings. The van der Waals surface area contributed by atoms with Gasteiger partial charge in [-0.2, -0.15) is 0 Å². The Bertz CT molecular complexity index is 1520. The van der Waals surface area contributed by atoms with Crippen LogP contribution in [-0.2, 0) is 11.3 Å². The molecule has 0 unspecified atom stereocenters. The summed E-state index contributed by atoms with van der Waals surface area (Å²) in [6.07, 6.45) is 1.01. The molecule has 0 bridgehead atoms. The smallest absolute Gasteiger partial charge is 0.351 e. The number of nitrogens with two attached hydrogens (primary N) is 1. The maximum Gasteiger partial charge on any atom is 0.351 e. The Hall–Kier alpha value is -4.42. The van der Waals surface area contributed by atoms with Crippen molar-refractivity contribution in [3.63, 3.8) is 0 Å². The lowest BCUT2D eigenvalue weighted by atomic mass is 9.98. The Morgan fingerprint density at radius 3 is 2.56 bits per heavy atom. The van der Waals surface area contributed by atoms with Crippen LogP contribution in [0.25, 0.3) is 32.9 Å². The van der Waals surface area contributed by atoms with E-state index in [1.807, 2.05) is 49.4 Å². The Labute approximate surface area is 207 Å². The summed E-state index contributed by atoms with van der Waals surface area (Å²) >= 11 is 0. The van der Waals surface area contributed by atoms with E-state index in [0.29, 0.717) is 35.3 Å². The molecule has 9 heteroatoms. The predicted molar refractivity (Wildman–Crippen MR) is 137 cm³/mol.